The molecule has 5 nitrogen and oxygen atoms in total. The molecule has 11 heavy (non-hydrogen) atoms. The molecule has 1 amide bonds. The lowest BCUT2D eigenvalue weighted by Gasteiger charge is -1.92. The first-order valence-corrected chi connectivity index (χ1v) is 3.72. The van der Waals surface area contributed by atoms with E-state index in [0.717, 1.165) is 6.08 Å². The van der Waals surface area contributed by atoms with E-state index in [1.165, 1.54) is 7.11 Å². The van der Waals surface area contributed by atoms with E-state index in [0.29, 0.717) is 0 Å². The quantitative estimate of drug-likeness (QED) is 0.285. The molecular weight excluding hydrogens is 263 g/mol. The number of quaternary nitrogens is 1. The van der Waals surface area contributed by atoms with Crippen LogP contribution < -0.4 is 9.26 Å². The van der Waals surface area contributed by atoms with Gasteiger partial charge in [0.15, 0.2) is 0 Å². The Labute approximate surface area is 77.5 Å². The number of hydrogen-bond donors (Lipinski definition) is 2. The minimum atomic E-state index is -0.606. The Bertz CT molecular complexity index is 202. The second kappa shape index (κ2) is 5.08. The minimum absolute atomic E-state index is 0.0293. The summed E-state index contributed by atoms with van der Waals surface area (Å²) < 4.78 is 6.59. The number of ether oxygens (including phenoxy) is 1. The molecule has 0 unspecified atom stereocenters. The molecule has 0 aliphatic rings. The standard InChI is InChI=1S/C5H7IN2O3/c1-11-5(10)3(7)2-4(9)8-6/h2H,7H2,1H3,(H,8,9)/p+1. The van der Waals surface area contributed by atoms with Crippen molar-refractivity contribution < 1.29 is 20.1 Å². The first kappa shape index (κ1) is 10.4. The first-order valence-electron chi connectivity index (χ1n) is 2.64. The molecule has 0 radical (unpaired) electrons. The number of nitrogens with one attached hydrogen (secondary N) is 1. The van der Waals surface area contributed by atoms with Gasteiger partial charge in [-0.05, 0) is 0 Å². The second-order valence-corrected chi connectivity index (χ2v) is 2.16. The Balaban J connectivity index is 4.21. The van der Waals surface area contributed by atoms with Gasteiger partial charge in [-0.3, -0.25) is 8.32 Å². The van der Waals surface area contributed by atoms with Crippen molar-refractivity contribution in [1.82, 2.24) is 3.53 Å². The van der Waals surface area contributed by atoms with Gasteiger partial charge >= 0.3 is 5.97 Å². The van der Waals surface area contributed by atoms with Gasteiger partial charge in [-0.25, -0.2) is 4.79 Å². The molecule has 0 fully saturated rings. The number of carbonyl (C=O) groups is 2. The highest BCUT2D eigenvalue weighted by molar-refractivity contribution is 14.1. The number of hydrogen-bond acceptors (Lipinski definition) is 3. The number of amides is 1. The number of esters is 1. The molecular formula is C5H8IN2O3+. The van der Waals surface area contributed by atoms with Gasteiger partial charge in [-0.15, -0.1) is 0 Å². The zero-order valence-electron chi connectivity index (χ0n) is 5.89. The third-order valence-corrected chi connectivity index (χ3v) is 1.38. The van der Waals surface area contributed by atoms with Gasteiger partial charge in [0.05, 0.1) is 36.1 Å². The van der Waals surface area contributed by atoms with Gasteiger partial charge in [0.25, 0.3) is 5.91 Å². The Morgan fingerprint density at radius 3 is 2.55 bits per heavy atom. The Kier molecular flexibility index (Phi) is 4.79. The molecule has 0 aromatic heterocycles. The predicted molar refractivity (Wildman–Crippen MR) is 45.1 cm³/mol. The van der Waals surface area contributed by atoms with Crippen LogP contribution in [-0.2, 0) is 14.3 Å². The molecule has 0 atom stereocenters. The SMILES string of the molecule is COC(=O)C([NH3+])=CC(=O)NI. The van der Waals surface area contributed by atoms with Crippen LogP contribution in [0.15, 0.2) is 11.8 Å². The molecule has 0 spiro atoms. The highest BCUT2D eigenvalue weighted by Gasteiger charge is 2.10. The monoisotopic (exact) mass is 271 g/mol. The van der Waals surface area contributed by atoms with E-state index in [9.17, 15) is 9.59 Å². The third kappa shape index (κ3) is 3.94. The maximum Gasteiger partial charge on any atom is 0.392 e. The average Bonchev–Trinajstić information content (AvgIpc) is 2.02. The van der Waals surface area contributed by atoms with Crippen LogP contribution in [0.3, 0.4) is 0 Å². The summed E-state index contributed by atoms with van der Waals surface area (Å²) in [7, 11) is 1.23. The summed E-state index contributed by atoms with van der Waals surface area (Å²) in [4.78, 5) is 21.2. The van der Waals surface area contributed by atoms with E-state index < -0.39 is 5.97 Å². The second-order valence-electron chi connectivity index (χ2n) is 1.62. The zero-order chi connectivity index (χ0) is 8.85. The summed E-state index contributed by atoms with van der Waals surface area (Å²) in [6, 6.07) is 0. The van der Waals surface area contributed by atoms with Crippen molar-refractivity contribution >= 4 is 34.7 Å². The summed E-state index contributed by atoms with van der Waals surface area (Å²) in [5.41, 5.74) is 3.35. The summed E-state index contributed by atoms with van der Waals surface area (Å²) >= 11 is 1.66. The predicted octanol–water partition coefficient (Wildman–Crippen LogP) is -1.25. The van der Waals surface area contributed by atoms with Crippen LogP contribution >= 0.6 is 22.9 Å². The molecule has 0 saturated carbocycles. The van der Waals surface area contributed by atoms with Crippen molar-refractivity contribution in [2.24, 2.45) is 0 Å². The van der Waals surface area contributed by atoms with Crippen molar-refractivity contribution in [2.75, 3.05) is 7.11 Å². The van der Waals surface area contributed by atoms with Gasteiger partial charge in [-0.1, -0.05) is 0 Å². The molecule has 0 aromatic carbocycles. The lowest BCUT2D eigenvalue weighted by atomic mass is 10.4. The van der Waals surface area contributed by atoms with Crippen LogP contribution in [0.5, 0.6) is 0 Å². The van der Waals surface area contributed by atoms with Crippen molar-refractivity contribution in [1.29, 1.82) is 0 Å². The van der Waals surface area contributed by atoms with Crippen molar-refractivity contribution in [2.45, 2.75) is 0 Å². The molecule has 62 valence electrons. The van der Waals surface area contributed by atoms with Gasteiger partial charge in [0.1, 0.15) is 0 Å². The van der Waals surface area contributed by atoms with Crippen molar-refractivity contribution in [3.8, 4) is 0 Å². The van der Waals surface area contributed by atoms with Crippen molar-refractivity contribution in [3.05, 3.63) is 11.8 Å². The lowest BCUT2D eigenvalue weighted by Crippen LogP contribution is -2.52. The molecule has 0 aliphatic carbocycles. The highest BCUT2D eigenvalue weighted by Crippen LogP contribution is 1.85. The summed E-state index contributed by atoms with van der Waals surface area (Å²) in [6.07, 6.45) is 1.07. The van der Waals surface area contributed by atoms with Crippen LogP contribution in [0.4, 0.5) is 0 Å². The number of halogens is 1. The number of rotatable bonds is 2. The van der Waals surface area contributed by atoms with Crippen molar-refractivity contribution in [3.63, 3.8) is 0 Å². The molecule has 0 bridgehead atoms. The summed E-state index contributed by atoms with van der Waals surface area (Å²) in [5, 5.41) is 0. The summed E-state index contributed by atoms with van der Waals surface area (Å²) in [5.74, 6) is -0.994. The maximum atomic E-state index is 10.6. The van der Waals surface area contributed by atoms with Gasteiger partial charge in [0, 0.05) is 0 Å². The fourth-order valence-corrected chi connectivity index (χ4v) is 0.531. The molecule has 4 N–H and O–H groups in total. The van der Waals surface area contributed by atoms with Gasteiger partial charge in [0.2, 0.25) is 5.70 Å². The van der Waals surface area contributed by atoms with E-state index >= 15 is 0 Å². The average molecular weight is 271 g/mol. The van der Waals surface area contributed by atoms with Crippen LogP contribution in [0.1, 0.15) is 0 Å². The van der Waals surface area contributed by atoms with E-state index in [1.807, 2.05) is 0 Å². The van der Waals surface area contributed by atoms with E-state index in [4.69, 9.17) is 0 Å². The molecule has 0 rings (SSSR count). The minimum Gasteiger partial charge on any atom is -0.462 e. The Morgan fingerprint density at radius 2 is 2.18 bits per heavy atom. The Morgan fingerprint density at radius 1 is 1.64 bits per heavy atom. The smallest absolute Gasteiger partial charge is 0.392 e. The summed E-state index contributed by atoms with van der Waals surface area (Å²) in [6.45, 7) is 0. The molecule has 0 aliphatic heterocycles. The zero-order valence-corrected chi connectivity index (χ0v) is 8.04. The largest absolute Gasteiger partial charge is 0.462 e. The lowest BCUT2D eigenvalue weighted by molar-refractivity contribution is -0.303. The molecule has 0 aromatic rings. The van der Waals surface area contributed by atoms with Crippen LogP contribution in [0.25, 0.3) is 0 Å². The van der Waals surface area contributed by atoms with E-state index in [1.54, 1.807) is 22.9 Å². The Hall–Kier alpha value is -0.630. The number of carbonyl (C=O) groups excluding carboxylic acids is 2. The van der Waals surface area contributed by atoms with Crippen LogP contribution in [0, 0.1) is 0 Å². The molecule has 6 heteroatoms. The molecule has 0 heterocycles. The maximum absolute atomic E-state index is 10.6. The van der Waals surface area contributed by atoms with Gasteiger partial charge < -0.3 is 10.5 Å². The van der Waals surface area contributed by atoms with Crippen LogP contribution in [0.2, 0.25) is 0 Å². The van der Waals surface area contributed by atoms with E-state index in [-0.39, 0.29) is 11.6 Å². The fraction of sp³-hybridized carbons (Fsp3) is 0.200. The number of methoxy groups -OCH3 is 1. The molecule has 0 saturated heterocycles. The third-order valence-electron chi connectivity index (χ3n) is 0.846. The van der Waals surface area contributed by atoms with Crippen LogP contribution in [-0.4, -0.2) is 19.0 Å². The fourth-order valence-electron chi connectivity index (χ4n) is 0.376. The highest BCUT2D eigenvalue weighted by atomic mass is 127. The topological polar surface area (TPSA) is 83.0 Å². The van der Waals surface area contributed by atoms with Gasteiger partial charge in [-0.2, -0.15) is 0 Å². The van der Waals surface area contributed by atoms with E-state index in [2.05, 4.69) is 14.0 Å². The normalized spacial score (nSPS) is 10.6. The first-order chi connectivity index (χ1) is 5.11.